The normalized spacial score (nSPS) is 12.3. The van der Waals surface area contributed by atoms with Gasteiger partial charge in [0.05, 0.1) is 30.8 Å². The van der Waals surface area contributed by atoms with Crippen LogP contribution in [0.3, 0.4) is 0 Å². The van der Waals surface area contributed by atoms with Crippen LogP contribution in [0.15, 0.2) is 47.4 Å². The van der Waals surface area contributed by atoms with Gasteiger partial charge in [-0.15, -0.1) is 0 Å². The highest BCUT2D eigenvalue weighted by molar-refractivity contribution is 7.89. The molecule has 1 aromatic heterocycles. The van der Waals surface area contributed by atoms with E-state index in [0.29, 0.717) is 23.3 Å². The molecule has 0 atom stereocenters. The first-order chi connectivity index (χ1) is 15.8. The number of ether oxygens (including phenoxy) is 1. The predicted molar refractivity (Wildman–Crippen MR) is 127 cm³/mol. The molecule has 0 amide bonds. The summed E-state index contributed by atoms with van der Waals surface area (Å²) in [5, 5.41) is 4.22. The van der Waals surface area contributed by atoms with Gasteiger partial charge in [-0.05, 0) is 48.0 Å². The third kappa shape index (κ3) is 4.77. The van der Waals surface area contributed by atoms with Crippen LogP contribution in [-0.4, -0.2) is 13.4 Å². The number of nitrogens with zero attached hydrogens (tertiary/aromatic N) is 1. The maximum Gasteiger partial charge on any atom is 0.417 e. The van der Waals surface area contributed by atoms with Gasteiger partial charge in [-0.1, -0.05) is 46.1 Å². The summed E-state index contributed by atoms with van der Waals surface area (Å²) in [6.45, 7) is 0. The molecule has 0 radical (unpaired) electrons. The molecule has 0 aliphatic carbocycles. The van der Waals surface area contributed by atoms with E-state index in [1.54, 1.807) is 18.2 Å². The third-order valence-corrected chi connectivity index (χ3v) is 7.50. The van der Waals surface area contributed by atoms with E-state index in [-0.39, 0.29) is 26.6 Å². The molecule has 1 heterocycles. The molecular formula is C20H11Cl3F3N3O3S2. The first kappa shape index (κ1) is 24.8. The Morgan fingerprint density at radius 2 is 1.65 bits per heavy atom. The first-order valence-electron chi connectivity index (χ1n) is 9.01. The molecule has 178 valence electrons. The maximum atomic E-state index is 13.7. The second-order valence-electron chi connectivity index (χ2n) is 6.92. The number of nitrogens with two attached hydrogens (primary N) is 2. The maximum absolute atomic E-state index is 13.7. The van der Waals surface area contributed by atoms with Crippen LogP contribution >= 0.6 is 46.1 Å². The van der Waals surface area contributed by atoms with Crippen molar-refractivity contribution in [3.63, 3.8) is 0 Å². The van der Waals surface area contributed by atoms with E-state index in [2.05, 4.69) is 4.98 Å². The van der Waals surface area contributed by atoms with Gasteiger partial charge < -0.3 is 10.5 Å². The number of hydrogen-bond donors (Lipinski definition) is 2. The molecule has 0 aliphatic heterocycles. The molecule has 6 nitrogen and oxygen atoms in total. The second-order valence-corrected chi connectivity index (χ2v) is 10.6. The summed E-state index contributed by atoms with van der Waals surface area (Å²) in [5.41, 5.74) is 4.86. The molecule has 4 rings (SSSR count). The Balaban J connectivity index is 1.84. The lowest BCUT2D eigenvalue weighted by Gasteiger charge is -2.18. The fourth-order valence-electron chi connectivity index (χ4n) is 3.15. The Kier molecular flexibility index (Phi) is 6.38. The van der Waals surface area contributed by atoms with Crippen molar-refractivity contribution >= 4 is 72.1 Å². The second kappa shape index (κ2) is 8.74. The fraction of sp³-hybridized carbons (Fsp3) is 0.0500. The molecule has 0 saturated carbocycles. The lowest BCUT2D eigenvalue weighted by atomic mass is 9.99. The Labute approximate surface area is 209 Å². The van der Waals surface area contributed by atoms with Crippen molar-refractivity contribution < 1.29 is 26.3 Å². The quantitative estimate of drug-likeness (QED) is 0.259. The zero-order valence-electron chi connectivity index (χ0n) is 16.5. The molecule has 0 saturated heterocycles. The number of benzene rings is 3. The van der Waals surface area contributed by atoms with Crippen LogP contribution in [0.4, 0.5) is 18.9 Å². The standard InChI is InChI=1S/C20H11Cl3F3N3O3S2/c21-11-5-8(16-10(20(24,25)26)2-4-15(17(16)23)34(28,30)31)6-12(22)18(11)32-19-29-13-3-1-9(27)7-14(13)33-19/h1-7H,27H2,(H2,28,30,31). The van der Waals surface area contributed by atoms with Crippen molar-refractivity contribution in [2.75, 3.05) is 5.73 Å². The van der Waals surface area contributed by atoms with Gasteiger partial charge in [0.25, 0.3) is 5.19 Å². The Hall–Kier alpha value is -2.28. The number of alkyl halides is 3. The minimum atomic E-state index is -4.87. The van der Waals surface area contributed by atoms with Gasteiger partial charge in [-0.2, -0.15) is 13.2 Å². The van der Waals surface area contributed by atoms with Crippen molar-refractivity contribution in [3.05, 3.63) is 63.1 Å². The predicted octanol–water partition coefficient (Wildman–Crippen LogP) is 6.96. The van der Waals surface area contributed by atoms with Gasteiger partial charge in [-0.25, -0.2) is 18.5 Å². The average molecular weight is 569 g/mol. The summed E-state index contributed by atoms with van der Waals surface area (Å²) in [4.78, 5) is 3.60. The van der Waals surface area contributed by atoms with E-state index in [0.717, 1.165) is 28.2 Å². The number of anilines is 1. The van der Waals surface area contributed by atoms with Crippen LogP contribution in [0.2, 0.25) is 15.1 Å². The highest BCUT2D eigenvalue weighted by Crippen LogP contribution is 2.47. The Morgan fingerprint density at radius 1 is 1.00 bits per heavy atom. The largest absolute Gasteiger partial charge is 0.428 e. The van der Waals surface area contributed by atoms with Gasteiger partial charge in [0.15, 0.2) is 5.75 Å². The number of thiazole rings is 1. The van der Waals surface area contributed by atoms with Crippen molar-refractivity contribution in [2.24, 2.45) is 5.14 Å². The van der Waals surface area contributed by atoms with Crippen molar-refractivity contribution in [1.82, 2.24) is 4.98 Å². The van der Waals surface area contributed by atoms with Crippen molar-refractivity contribution in [2.45, 2.75) is 11.1 Å². The molecule has 0 bridgehead atoms. The lowest BCUT2D eigenvalue weighted by molar-refractivity contribution is -0.137. The SMILES string of the molecule is Nc1ccc2nc(Oc3c(Cl)cc(-c4c(C(F)(F)F)ccc(S(N)(=O)=O)c4Cl)cc3Cl)sc2c1. The van der Waals surface area contributed by atoms with E-state index < -0.39 is 37.2 Å². The lowest BCUT2D eigenvalue weighted by Crippen LogP contribution is -2.15. The van der Waals surface area contributed by atoms with Crippen LogP contribution in [-0.2, 0) is 16.2 Å². The Bertz CT molecular complexity index is 1530. The molecule has 4 aromatic rings. The van der Waals surface area contributed by atoms with Crippen LogP contribution in [0.1, 0.15) is 5.56 Å². The third-order valence-electron chi connectivity index (χ3n) is 4.59. The Morgan fingerprint density at radius 3 is 2.24 bits per heavy atom. The molecule has 0 aliphatic rings. The zero-order chi connectivity index (χ0) is 25.0. The van der Waals surface area contributed by atoms with Crippen LogP contribution in [0.5, 0.6) is 10.9 Å². The number of halogens is 6. The van der Waals surface area contributed by atoms with Gasteiger partial charge in [0.1, 0.15) is 4.90 Å². The summed E-state index contributed by atoms with van der Waals surface area (Å²) in [6.07, 6.45) is -4.87. The number of primary sulfonamides is 1. The average Bonchev–Trinajstić information content (AvgIpc) is 3.10. The number of nitrogen functional groups attached to an aromatic ring is 1. The zero-order valence-corrected chi connectivity index (χ0v) is 20.4. The number of hydrogen-bond acceptors (Lipinski definition) is 6. The summed E-state index contributed by atoms with van der Waals surface area (Å²) < 4.78 is 71.1. The van der Waals surface area contributed by atoms with Gasteiger partial charge in [-0.3, -0.25) is 0 Å². The molecule has 3 aromatic carbocycles. The molecule has 0 spiro atoms. The smallest absolute Gasteiger partial charge is 0.417 e. The van der Waals surface area contributed by atoms with E-state index in [1.165, 1.54) is 0 Å². The highest BCUT2D eigenvalue weighted by Gasteiger charge is 2.36. The number of sulfonamides is 1. The minimum absolute atomic E-state index is 0.0635. The van der Waals surface area contributed by atoms with E-state index in [1.807, 2.05) is 0 Å². The summed E-state index contributed by atoms with van der Waals surface area (Å²) in [7, 11) is -4.42. The molecule has 0 unspecified atom stereocenters. The van der Waals surface area contributed by atoms with E-state index in [9.17, 15) is 21.6 Å². The monoisotopic (exact) mass is 567 g/mol. The minimum Gasteiger partial charge on any atom is -0.428 e. The van der Waals surface area contributed by atoms with E-state index in [4.69, 9.17) is 50.4 Å². The van der Waals surface area contributed by atoms with E-state index >= 15 is 0 Å². The highest BCUT2D eigenvalue weighted by atomic mass is 35.5. The molecular weight excluding hydrogens is 558 g/mol. The molecule has 4 N–H and O–H groups in total. The van der Waals surface area contributed by atoms with Crippen LogP contribution in [0.25, 0.3) is 21.3 Å². The molecule has 0 fully saturated rings. The van der Waals surface area contributed by atoms with Crippen molar-refractivity contribution in [3.8, 4) is 22.1 Å². The van der Waals surface area contributed by atoms with Crippen molar-refractivity contribution in [1.29, 1.82) is 0 Å². The first-order valence-corrected chi connectivity index (χ1v) is 12.5. The van der Waals surface area contributed by atoms with Crippen LogP contribution in [0, 0.1) is 0 Å². The van der Waals surface area contributed by atoms with Crippen LogP contribution < -0.4 is 15.6 Å². The topological polar surface area (TPSA) is 108 Å². The summed E-state index contributed by atoms with van der Waals surface area (Å²) in [5.74, 6) is -0.0635. The number of aromatic nitrogens is 1. The molecule has 14 heteroatoms. The number of rotatable bonds is 4. The molecule has 34 heavy (non-hydrogen) atoms. The summed E-state index contributed by atoms with van der Waals surface area (Å²) >= 11 is 19.8. The summed E-state index contributed by atoms with van der Waals surface area (Å²) in [6, 6.07) is 8.56. The van der Waals surface area contributed by atoms with Gasteiger partial charge >= 0.3 is 6.18 Å². The van der Waals surface area contributed by atoms with Gasteiger partial charge in [0.2, 0.25) is 10.0 Å². The number of fused-ring (bicyclic) bond motifs is 1. The van der Waals surface area contributed by atoms with Gasteiger partial charge in [0, 0.05) is 11.3 Å². The fourth-order valence-corrected chi connectivity index (χ4v) is 5.79.